The summed E-state index contributed by atoms with van der Waals surface area (Å²) < 4.78 is 0. The fourth-order valence-electron chi connectivity index (χ4n) is 2.89. The summed E-state index contributed by atoms with van der Waals surface area (Å²) in [5.41, 5.74) is 4.50. The second kappa shape index (κ2) is 6.87. The third kappa shape index (κ3) is 3.30. The molecule has 0 radical (unpaired) electrons. The van der Waals surface area contributed by atoms with Crippen molar-refractivity contribution in [2.24, 2.45) is 0 Å². The molecule has 1 unspecified atom stereocenters. The number of halogens is 1. The molecule has 5 heteroatoms. The van der Waals surface area contributed by atoms with Gasteiger partial charge in [-0.2, -0.15) is 4.80 Å². The molecule has 0 bridgehead atoms. The molecule has 1 atom stereocenters. The molecule has 0 spiro atoms. The third-order valence-corrected chi connectivity index (χ3v) is 4.37. The minimum Gasteiger partial charge on any atom is -0.152 e. The molecule has 4 nitrogen and oxygen atoms in total. The molecular weight excluding hydrogens is 332 g/mol. The van der Waals surface area contributed by atoms with Crippen LogP contribution >= 0.6 is 11.6 Å². The minimum absolute atomic E-state index is 0.149. The molecule has 25 heavy (non-hydrogen) atoms. The molecule has 0 aliphatic carbocycles. The van der Waals surface area contributed by atoms with Crippen molar-refractivity contribution in [1.82, 2.24) is 20.2 Å². The van der Waals surface area contributed by atoms with Gasteiger partial charge in [0.25, 0.3) is 0 Å². The van der Waals surface area contributed by atoms with E-state index < -0.39 is 0 Å². The van der Waals surface area contributed by atoms with E-state index in [0.29, 0.717) is 5.02 Å². The Hall–Kier alpha value is -2.98. The Bertz CT molecular complexity index is 933. The van der Waals surface area contributed by atoms with Gasteiger partial charge in [-0.05, 0) is 39.6 Å². The standard InChI is InChI=1S/C20H15ClN4/c21-19-12-10-18(11-13-19)20(25-23-14-22-24-25)17-8-6-16(7-9-17)15-4-2-1-3-5-15/h1-14,20H. The van der Waals surface area contributed by atoms with Gasteiger partial charge in [-0.1, -0.05) is 78.3 Å². The van der Waals surface area contributed by atoms with Crippen LogP contribution in [-0.4, -0.2) is 20.2 Å². The highest BCUT2D eigenvalue weighted by atomic mass is 35.5. The quantitative estimate of drug-likeness (QED) is 0.541. The molecule has 1 aromatic heterocycles. The van der Waals surface area contributed by atoms with Gasteiger partial charge < -0.3 is 0 Å². The van der Waals surface area contributed by atoms with Gasteiger partial charge >= 0.3 is 0 Å². The van der Waals surface area contributed by atoms with E-state index >= 15 is 0 Å². The van der Waals surface area contributed by atoms with Gasteiger partial charge in [0.2, 0.25) is 0 Å². The predicted molar refractivity (Wildman–Crippen MR) is 98.4 cm³/mol. The Kier molecular flexibility index (Phi) is 4.27. The van der Waals surface area contributed by atoms with Crippen LogP contribution in [0.5, 0.6) is 0 Å². The molecular formula is C20H15ClN4. The average molecular weight is 347 g/mol. The lowest BCUT2D eigenvalue weighted by Crippen LogP contribution is -2.15. The van der Waals surface area contributed by atoms with E-state index in [0.717, 1.165) is 11.1 Å². The normalized spacial score (nSPS) is 12.0. The Morgan fingerprint density at radius 3 is 1.92 bits per heavy atom. The largest absolute Gasteiger partial charge is 0.162 e. The number of rotatable bonds is 4. The third-order valence-electron chi connectivity index (χ3n) is 4.12. The van der Waals surface area contributed by atoms with Crippen LogP contribution in [0.15, 0.2) is 85.2 Å². The number of tetrazole rings is 1. The summed E-state index contributed by atoms with van der Waals surface area (Å²) in [7, 11) is 0. The topological polar surface area (TPSA) is 43.6 Å². The minimum atomic E-state index is -0.149. The first-order chi connectivity index (χ1) is 12.3. The van der Waals surface area contributed by atoms with Crippen LogP contribution in [0.3, 0.4) is 0 Å². The van der Waals surface area contributed by atoms with E-state index in [-0.39, 0.29) is 6.04 Å². The summed E-state index contributed by atoms with van der Waals surface area (Å²) >= 11 is 6.03. The maximum Gasteiger partial charge on any atom is 0.162 e. The molecule has 4 aromatic rings. The van der Waals surface area contributed by atoms with E-state index in [1.54, 1.807) is 4.80 Å². The fourth-order valence-corrected chi connectivity index (χ4v) is 3.01. The average Bonchev–Trinajstić information content (AvgIpc) is 3.19. The molecule has 0 amide bonds. The van der Waals surface area contributed by atoms with Crippen LogP contribution in [0.1, 0.15) is 17.2 Å². The predicted octanol–water partition coefficient (Wildman–Crippen LogP) is 4.63. The molecule has 3 aromatic carbocycles. The van der Waals surface area contributed by atoms with Crippen molar-refractivity contribution in [2.45, 2.75) is 6.04 Å². The van der Waals surface area contributed by atoms with Gasteiger partial charge in [0.15, 0.2) is 6.33 Å². The molecule has 122 valence electrons. The number of benzene rings is 3. The lowest BCUT2D eigenvalue weighted by atomic mass is 9.96. The second-order valence-electron chi connectivity index (χ2n) is 5.70. The van der Waals surface area contributed by atoms with Gasteiger partial charge in [-0.15, -0.1) is 10.2 Å². The number of hydrogen-bond acceptors (Lipinski definition) is 3. The second-order valence-corrected chi connectivity index (χ2v) is 6.13. The number of nitrogens with zero attached hydrogens (tertiary/aromatic N) is 4. The Morgan fingerprint density at radius 2 is 1.32 bits per heavy atom. The maximum atomic E-state index is 6.03. The highest BCUT2D eigenvalue weighted by Crippen LogP contribution is 2.28. The highest BCUT2D eigenvalue weighted by Gasteiger charge is 2.18. The highest BCUT2D eigenvalue weighted by molar-refractivity contribution is 6.30. The van der Waals surface area contributed by atoms with Crippen LogP contribution < -0.4 is 0 Å². The SMILES string of the molecule is Clc1ccc(C(c2ccc(-c3ccccc3)cc2)n2ncnn2)cc1. The zero-order valence-corrected chi connectivity index (χ0v) is 14.1. The zero-order chi connectivity index (χ0) is 17.1. The monoisotopic (exact) mass is 346 g/mol. The molecule has 0 saturated carbocycles. The molecule has 0 saturated heterocycles. The van der Waals surface area contributed by atoms with Crippen LogP contribution in [0.4, 0.5) is 0 Å². The smallest absolute Gasteiger partial charge is 0.152 e. The summed E-state index contributed by atoms with van der Waals surface area (Å²) in [6.07, 6.45) is 1.45. The molecule has 0 N–H and O–H groups in total. The van der Waals surface area contributed by atoms with Gasteiger partial charge in [-0.3, -0.25) is 0 Å². The van der Waals surface area contributed by atoms with Crippen molar-refractivity contribution in [1.29, 1.82) is 0 Å². The number of hydrogen-bond donors (Lipinski definition) is 0. The van der Waals surface area contributed by atoms with Gasteiger partial charge in [0, 0.05) is 5.02 Å². The summed E-state index contributed by atoms with van der Waals surface area (Å²) in [6.45, 7) is 0. The Morgan fingerprint density at radius 1 is 0.720 bits per heavy atom. The van der Waals surface area contributed by atoms with E-state index in [2.05, 4.69) is 51.8 Å². The van der Waals surface area contributed by atoms with E-state index in [9.17, 15) is 0 Å². The molecule has 0 aliphatic heterocycles. The van der Waals surface area contributed by atoms with Crippen molar-refractivity contribution in [3.8, 4) is 11.1 Å². The zero-order valence-electron chi connectivity index (χ0n) is 13.3. The van der Waals surface area contributed by atoms with Crippen molar-refractivity contribution in [3.63, 3.8) is 0 Å². The van der Waals surface area contributed by atoms with Crippen molar-refractivity contribution < 1.29 is 0 Å². The first kappa shape index (κ1) is 15.5. The molecule has 0 aliphatic rings. The Balaban J connectivity index is 1.74. The molecule has 0 fully saturated rings. The van der Waals surface area contributed by atoms with E-state index in [1.807, 2.05) is 42.5 Å². The van der Waals surface area contributed by atoms with Crippen LogP contribution in [0.2, 0.25) is 5.02 Å². The fraction of sp³-hybridized carbons (Fsp3) is 0.0500. The first-order valence-electron chi connectivity index (χ1n) is 7.94. The van der Waals surface area contributed by atoms with Gasteiger partial charge in [-0.25, -0.2) is 0 Å². The summed E-state index contributed by atoms with van der Waals surface area (Å²) in [4.78, 5) is 1.61. The molecule has 4 rings (SSSR count). The van der Waals surface area contributed by atoms with Crippen LogP contribution in [0.25, 0.3) is 11.1 Å². The first-order valence-corrected chi connectivity index (χ1v) is 8.32. The van der Waals surface area contributed by atoms with Gasteiger partial charge in [0.05, 0.1) is 0 Å². The lowest BCUT2D eigenvalue weighted by Gasteiger charge is -2.17. The summed E-state index contributed by atoms with van der Waals surface area (Å²) in [5.74, 6) is 0. The number of aromatic nitrogens is 4. The van der Waals surface area contributed by atoms with Crippen molar-refractivity contribution in [3.05, 3.63) is 101 Å². The van der Waals surface area contributed by atoms with Crippen molar-refractivity contribution in [2.75, 3.05) is 0 Å². The molecule has 1 heterocycles. The maximum absolute atomic E-state index is 6.03. The van der Waals surface area contributed by atoms with E-state index in [1.165, 1.54) is 17.5 Å². The van der Waals surface area contributed by atoms with Gasteiger partial charge in [0.1, 0.15) is 6.04 Å². The summed E-state index contributed by atoms with van der Waals surface area (Å²) in [6, 6.07) is 26.3. The lowest BCUT2D eigenvalue weighted by molar-refractivity contribution is 0.504. The Labute approximate surface area is 150 Å². The summed E-state index contributed by atoms with van der Waals surface area (Å²) in [5, 5.41) is 12.9. The van der Waals surface area contributed by atoms with Crippen LogP contribution in [0, 0.1) is 0 Å². The van der Waals surface area contributed by atoms with Crippen LogP contribution in [-0.2, 0) is 0 Å². The van der Waals surface area contributed by atoms with Crippen molar-refractivity contribution >= 4 is 11.6 Å². The van der Waals surface area contributed by atoms with E-state index in [4.69, 9.17) is 11.6 Å².